The van der Waals surface area contributed by atoms with Gasteiger partial charge in [0.15, 0.2) is 5.82 Å². The highest BCUT2D eigenvalue weighted by molar-refractivity contribution is 5.82. The Balaban J connectivity index is 2.11. The van der Waals surface area contributed by atoms with Crippen molar-refractivity contribution in [3.05, 3.63) is 41.9 Å². The van der Waals surface area contributed by atoms with Gasteiger partial charge in [0.1, 0.15) is 5.82 Å². The van der Waals surface area contributed by atoms with Crippen molar-refractivity contribution < 1.29 is 0 Å². The van der Waals surface area contributed by atoms with Gasteiger partial charge in [-0.15, -0.1) is 0 Å². The summed E-state index contributed by atoms with van der Waals surface area (Å²) in [5.41, 5.74) is 2.24. The predicted molar refractivity (Wildman–Crippen MR) is 71.3 cm³/mol. The van der Waals surface area contributed by atoms with Crippen LogP contribution in [0, 0.1) is 6.92 Å². The molecule has 4 nitrogen and oxygen atoms in total. The van der Waals surface area contributed by atoms with Crippen molar-refractivity contribution in [2.75, 3.05) is 19.0 Å². The third-order valence-corrected chi connectivity index (χ3v) is 2.45. The van der Waals surface area contributed by atoms with Gasteiger partial charge in [-0.25, -0.2) is 9.98 Å². The molecule has 1 heterocycles. The Morgan fingerprint density at radius 3 is 2.47 bits per heavy atom. The number of aryl methyl sites for hydroxylation is 1. The van der Waals surface area contributed by atoms with Crippen molar-refractivity contribution >= 4 is 17.7 Å². The molecule has 0 saturated heterocycles. The van der Waals surface area contributed by atoms with Crippen LogP contribution in [0.1, 0.15) is 11.4 Å². The van der Waals surface area contributed by atoms with E-state index in [-0.39, 0.29) is 0 Å². The summed E-state index contributed by atoms with van der Waals surface area (Å²) >= 11 is 0. The average molecular weight is 228 g/mol. The first kappa shape index (κ1) is 11.4. The minimum absolute atomic E-state index is 0.708. The Kier molecular flexibility index (Phi) is 3.23. The van der Waals surface area contributed by atoms with Crippen LogP contribution in [0.3, 0.4) is 0 Å². The first-order valence-corrected chi connectivity index (χ1v) is 5.48. The van der Waals surface area contributed by atoms with Crippen LogP contribution in [0.15, 0.2) is 35.5 Å². The number of aliphatic imine (C=N–C) groups is 1. The van der Waals surface area contributed by atoms with Gasteiger partial charge < -0.3 is 9.88 Å². The second kappa shape index (κ2) is 4.82. The Morgan fingerprint density at radius 2 is 1.94 bits per heavy atom. The molecule has 0 saturated carbocycles. The second-order valence-corrected chi connectivity index (χ2v) is 4.09. The number of aromatic nitrogens is 2. The molecular weight excluding hydrogens is 212 g/mol. The number of rotatable bonds is 3. The summed E-state index contributed by atoms with van der Waals surface area (Å²) in [4.78, 5) is 13.6. The Labute approximate surface area is 101 Å². The number of hydrogen-bond acceptors (Lipinski definition) is 3. The molecule has 0 aliphatic heterocycles. The van der Waals surface area contributed by atoms with Crippen LogP contribution in [-0.2, 0) is 0 Å². The molecular formula is C13H16N4. The number of benzene rings is 1. The molecule has 0 bridgehead atoms. The molecule has 17 heavy (non-hydrogen) atoms. The van der Waals surface area contributed by atoms with Crippen LogP contribution in [-0.4, -0.2) is 30.3 Å². The highest BCUT2D eigenvalue weighted by Crippen LogP contribution is 2.12. The quantitative estimate of drug-likeness (QED) is 0.820. The molecule has 2 aromatic rings. The zero-order valence-electron chi connectivity index (χ0n) is 10.3. The summed E-state index contributed by atoms with van der Waals surface area (Å²) in [6.45, 7) is 1.91. The van der Waals surface area contributed by atoms with Gasteiger partial charge in [-0.3, -0.25) is 0 Å². The smallest absolute Gasteiger partial charge is 0.170 e. The van der Waals surface area contributed by atoms with Crippen molar-refractivity contribution in [3.63, 3.8) is 0 Å². The van der Waals surface area contributed by atoms with E-state index in [4.69, 9.17) is 0 Å². The van der Waals surface area contributed by atoms with E-state index >= 15 is 0 Å². The van der Waals surface area contributed by atoms with E-state index < -0.39 is 0 Å². The zero-order valence-corrected chi connectivity index (χ0v) is 10.3. The number of hydrogen-bond donors (Lipinski definition) is 1. The van der Waals surface area contributed by atoms with E-state index in [9.17, 15) is 0 Å². The van der Waals surface area contributed by atoms with Gasteiger partial charge >= 0.3 is 0 Å². The summed E-state index contributed by atoms with van der Waals surface area (Å²) in [6, 6.07) is 8.21. The van der Waals surface area contributed by atoms with Gasteiger partial charge in [0, 0.05) is 32.2 Å². The predicted octanol–water partition coefficient (Wildman–Crippen LogP) is 2.53. The Bertz CT molecular complexity index is 508. The van der Waals surface area contributed by atoms with E-state index in [0.29, 0.717) is 5.82 Å². The van der Waals surface area contributed by atoms with Crippen LogP contribution in [0.5, 0.6) is 0 Å². The second-order valence-electron chi connectivity index (χ2n) is 4.09. The third kappa shape index (κ3) is 2.93. The van der Waals surface area contributed by atoms with Gasteiger partial charge in [-0.2, -0.15) is 0 Å². The molecule has 1 aromatic heterocycles. The minimum atomic E-state index is 0.708. The topological polar surface area (TPSA) is 44.3 Å². The van der Waals surface area contributed by atoms with Crippen molar-refractivity contribution in [1.82, 2.24) is 9.97 Å². The minimum Gasteiger partial charge on any atom is -0.378 e. The van der Waals surface area contributed by atoms with Crippen LogP contribution < -0.4 is 4.90 Å². The van der Waals surface area contributed by atoms with Crippen LogP contribution in [0.25, 0.3) is 0 Å². The summed E-state index contributed by atoms with van der Waals surface area (Å²) < 4.78 is 0. The molecule has 0 aliphatic carbocycles. The monoisotopic (exact) mass is 228 g/mol. The fourth-order valence-electron chi connectivity index (χ4n) is 1.47. The van der Waals surface area contributed by atoms with Gasteiger partial charge in [-0.1, -0.05) is 12.1 Å². The number of H-pyrrole nitrogens is 1. The first-order chi connectivity index (χ1) is 8.15. The third-order valence-electron chi connectivity index (χ3n) is 2.45. The zero-order chi connectivity index (χ0) is 12.3. The maximum Gasteiger partial charge on any atom is 0.170 e. The molecule has 0 fully saturated rings. The molecule has 0 spiro atoms. The lowest BCUT2D eigenvalue weighted by Crippen LogP contribution is -2.08. The molecule has 0 aliphatic rings. The van der Waals surface area contributed by atoms with Crippen LogP contribution >= 0.6 is 0 Å². The number of nitrogens with one attached hydrogen (secondary N) is 1. The highest BCUT2D eigenvalue weighted by atomic mass is 15.1. The number of nitrogens with zero attached hydrogens (tertiary/aromatic N) is 3. The normalized spacial score (nSPS) is 11.0. The Hall–Kier alpha value is -2.10. The van der Waals surface area contributed by atoms with E-state index in [1.165, 1.54) is 5.69 Å². The fraction of sp³-hybridized carbons (Fsp3) is 0.231. The molecule has 1 aromatic carbocycles. The molecule has 4 heteroatoms. The molecule has 0 radical (unpaired) electrons. The van der Waals surface area contributed by atoms with E-state index in [0.717, 1.165) is 11.4 Å². The molecule has 0 unspecified atom stereocenters. The number of aromatic amines is 1. The molecule has 1 N–H and O–H groups in total. The SMILES string of the molecule is Cc1nc(N=Cc2ccc(N(C)C)cc2)c[nH]1. The maximum absolute atomic E-state index is 4.29. The van der Waals surface area contributed by atoms with Gasteiger partial charge in [-0.05, 0) is 24.6 Å². The van der Waals surface area contributed by atoms with Crippen LogP contribution in [0.2, 0.25) is 0 Å². The highest BCUT2D eigenvalue weighted by Gasteiger charge is 1.95. The van der Waals surface area contributed by atoms with Gasteiger partial charge in [0.2, 0.25) is 0 Å². The molecule has 0 amide bonds. The summed E-state index contributed by atoms with van der Waals surface area (Å²) in [5, 5.41) is 0. The standard InChI is InChI=1S/C13H16N4/c1-10-14-9-13(16-10)15-8-11-4-6-12(7-5-11)17(2)3/h4-9H,1-3H3,(H,14,16). The van der Waals surface area contributed by atoms with Crippen molar-refractivity contribution in [2.45, 2.75) is 6.92 Å². The van der Waals surface area contributed by atoms with Crippen LogP contribution in [0.4, 0.5) is 11.5 Å². The lowest BCUT2D eigenvalue weighted by Gasteiger charge is -2.11. The van der Waals surface area contributed by atoms with Crippen molar-refractivity contribution in [2.24, 2.45) is 4.99 Å². The fourth-order valence-corrected chi connectivity index (χ4v) is 1.47. The summed E-state index contributed by atoms with van der Waals surface area (Å²) in [7, 11) is 4.05. The van der Waals surface area contributed by atoms with E-state index in [1.54, 1.807) is 6.20 Å². The van der Waals surface area contributed by atoms with Crippen molar-refractivity contribution in [1.29, 1.82) is 0 Å². The number of imidazole rings is 1. The van der Waals surface area contributed by atoms with Gasteiger partial charge in [0.05, 0.1) is 0 Å². The first-order valence-electron chi connectivity index (χ1n) is 5.48. The lowest BCUT2D eigenvalue weighted by molar-refractivity contribution is 1.13. The van der Waals surface area contributed by atoms with Crippen molar-refractivity contribution in [3.8, 4) is 0 Å². The molecule has 88 valence electrons. The Morgan fingerprint density at radius 1 is 1.24 bits per heavy atom. The largest absolute Gasteiger partial charge is 0.378 e. The van der Waals surface area contributed by atoms with E-state index in [1.807, 2.05) is 39.4 Å². The summed E-state index contributed by atoms with van der Waals surface area (Å²) in [6.07, 6.45) is 3.61. The summed E-state index contributed by atoms with van der Waals surface area (Å²) in [5.74, 6) is 1.58. The lowest BCUT2D eigenvalue weighted by atomic mass is 10.2. The maximum atomic E-state index is 4.29. The molecule has 0 atom stereocenters. The van der Waals surface area contributed by atoms with Gasteiger partial charge in [0.25, 0.3) is 0 Å². The van der Waals surface area contributed by atoms with E-state index in [2.05, 4.69) is 32.0 Å². The molecule has 2 rings (SSSR count). The number of anilines is 1. The average Bonchev–Trinajstić information content (AvgIpc) is 2.73.